The Labute approximate surface area is 117 Å². The lowest BCUT2D eigenvalue weighted by Crippen LogP contribution is -1.83. The summed E-state index contributed by atoms with van der Waals surface area (Å²) in [6.07, 6.45) is 17.0. The van der Waals surface area contributed by atoms with E-state index in [0.717, 1.165) is 5.25 Å². The van der Waals surface area contributed by atoms with Crippen molar-refractivity contribution in [2.45, 2.75) is 45.8 Å². The monoisotopic (exact) mass is 262 g/mol. The molecule has 1 aliphatic rings. The molecule has 1 heteroatoms. The van der Waals surface area contributed by atoms with Crippen molar-refractivity contribution in [3.63, 3.8) is 0 Å². The van der Waals surface area contributed by atoms with Crippen LogP contribution >= 0.6 is 11.8 Å². The first kappa shape index (κ1) is 17.1. The van der Waals surface area contributed by atoms with Gasteiger partial charge in [0.05, 0.1) is 0 Å². The molecule has 1 rings (SSSR count). The van der Waals surface area contributed by atoms with Crippen molar-refractivity contribution in [2.24, 2.45) is 0 Å². The molecule has 1 aliphatic heterocycles. The van der Waals surface area contributed by atoms with E-state index in [2.05, 4.69) is 51.7 Å². The lowest BCUT2D eigenvalue weighted by Gasteiger charge is -1.98. The van der Waals surface area contributed by atoms with Gasteiger partial charge in [0, 0.05) is 10.2 Å². The van der Waals surface area contributed by atoms with E-state index in [9.17, 15) is 0 Å². The molecule has 100 valence electrons. The van der Waals surface area contributed by atoms with Crippen LogP contribution in [0.1, 0.15) is 40.5 Å². The molecule has 0 N–H and O–H groups in total. The molecule has 0 bridgehead atoms. The Morgan fingerprint density at radius 3 is 2.56 bits per heavy atom. The molecule has 0 fully saturated rings. The fraction of sp³-hybridized carbons (Fsp3) is 0.412. The number of allylic oxidation sites excluding steroid dienone is 8. The molecule has 0 saturated carbocycles. The highest BCUT2D eigenvalue weighted by Gasteiger charge is 2.09. The lowest BCUT2D eigenvalue weighted by atomic mass is 10.2. The summed E-state index contributed by atoms with van der Waals surface area (Å²) in [5.74, 6) is 0. The van der Waals surface area contributed by atoms with E-state index < -0.39 is 0 Å². The maximum atomic E-state index is 3.71. The third-order valence-corrected chi connectivity index (χ3v) is 3.27. The Morgan fingerprint density at radius 2 is 2.11 bits per heavy atom. The molecule has 0 amide bonds. The first-order chi connectivity index (χ1) is 8.67. The summed E-state index contributed by atoms with van der Waals surface area (Å²) in [4.78, 5) is 1.38. The van der Waals surface area contributed by atoms with E-state index in [1.54, 1.807) is 0 Å². The Bertz CT molecular complexity index is 343. The van der Waals surface area contributed by atoms with Crippen LogP contribution in [0.4, 0.5) is 0 Å². The van der Waals surface area contributed by atoms with Gasteiger partial charge in [-0.3, -0.25) is 0 Å². The second kappa shape index (κ2) is 11.2. The van der Waals surface area contributed by atoms with Gasteiger partial charge in [-0.15, -0.1) is 11.8 Å². The maximum Gasteiger partial charge on any atom is 0.0101 e. The van der Waals surface area contributed by atoms with Crippen molar-refractivity contribution < 1.29 is 0 Å². The van der Waals surface area contributed by atoms with Gasteiger partial charge in [0.25, 0.3) is 0 Å². The molecule has 0 aliphatic carbocycles. The number of thioether (sulfide) groups is 1. The van der Waals surface area contributed by atoms with Gasteiger partial charge in [-0.1, -0.05) is 70.2 Å². The van der Waals surface area contributed by atoms with Crippen LogP contribution in [0.15, 0.2) is 59.6 Å². The van der Waals surface area contributed by atoms with Gasteiger partial charge in [-0.2, -0.15) is 0 Å². The van der Waals surface area contributed by atoms with E-state index in [1.165, 1.54) is 23.3 Å². The Hall–Kier alpha value is -0.950. The summed E-state index contributed by atoms with van der Waals surface area (Å²) in [6, 6.07) is 0. The Morgan fingerprint density at radius 1 is 1.44 bits per heavy atom. The molecule has 0 spiro atoms. The predicted octanol–water partition coefficient (Wildman–Crippen LogP) is 6.06. The average Bonchev–Trinajstić information content (AvgIpc) is 2.74. The zero-order chi connectivity index (χ0) is 13.8. The molecular weight excluding hydrogens is 236 g/mol. The molecule has 0 aromatic heterocycles. The van der Waals surface area contributed by atoms with E-state index in [4.69, 9.17) is 0 Å². The minimum atomic E-state index is 0.734. The summed E-state index contributed by atoms with van der Waals surface area (Å²) in [6.45, 7) is 12.2. The summed E-state index contributed by atoms with van der Waals surface area (Å²) in [5.41, 5.74) is 1.19. The van der Waals surface area contributed by atoms with E-state index in [0.29, 0.717) is 0 Å². The third-order valence-electron chi connectivity index (χ3n) is 2.10. The number of hydrogen-bond acceptors (Lipinski definition) is 1. The highest BCUT2D eigenvalue weighted by Crippen LogP contribution is 2.32. The van der Waals surface area contributed by atoms with Gasteiger partial charge in [-0.05, 0) is 25.0 Å². The third kappa shape index (κ3) is 8.19. The van der Waals surface area contributed by atoms with Crippen LogP contribution in [0.25, 0.3) is 0 Å². The fourth-order valence-corrected chi connectivity index (χ4v) is 2.39. The highest BCUT2D eigenvalue weighted by molar-refractivity contribution is 8.04. The van der Waals surface area contributed by atoms with Crippen molar-refractivity contribution in [1.29, 1.82) is 0 Å². The molecule has 1 unspecified atom stereocenters. The standard InChI is InChI=1S/C14H18S.C3H8/c1-4-6-13(7-5-2)9-11-14-10-8-12(3)15-14;1-3-2/h4-7,9-12H,1,8H2,2-3H3;3H2,1-2H3/b7-5-,11-9+,13-6+;. The van der Waals surface area contributed by atoms with Crippen LogP contribution < -0.4 is 0 Å². The Balaban J connectivity index is 0.000000873. The topological polar surface area (TPSA) is 0 Å². The van der Waals surface area contributed by atoms with Gasteiger partial charge >= 0.3 is 0 Å². The molecule has 0 aromatic carbocycles. The number of hydrogen-bond donors (Lipinski definition) is 0. The molecule has 0 aromatic rings. The van der Waals surface area contributed by atoms with E-state index in [-0.39, 0.29) is 0 Å². The van der Waals surface area contributed by atoms with E-state index in [1.807, 2.05) is 36.9 Å². The zero-order valence-corrected chi connectivity index (χ0v) is 13.0. The van der Waals surface area contributed by atoms with Crippen molar-refractivity contribution in [3.8, 4) is 0 Å². The van der Waals surface area contributed by atoms with Gasteiger partial charge in [0.2, 0.25) is 0 Å². The largest absolute Gasteiger partial charge is 0.123 e. The smallest absolute Gasteiger partial charge is 0.0101 e. The van der Waals surface area contributed by atoms with Crippen molar-refractivity contribution >= 4 is 11.8 Å². The predicted molar refractivity (Wildman–Crippen MR) is 88.0 cm³/mol. The summed E-state index contributed by atoms with van der Waals surface area (Å²) in [5, 5.41) is 0.734. The van der Waals surface area contributed by atoms with Gasteiger partial charge < -0.3 is 0 Å². The van der Waals surface area contributed by atoms with Crippen molar-refractivity contribution in [3.05, 3.63) is 59.6 Å². The Kier molecular flexibility index (Phi) is 10.6. The summed E-state index contributed by atoms with van der Waals surface area (Å²) < 4.78 is 0. The van der Waals surface area contributed by atoms with Crippen LogP contribution in [0, 0.1) is 0 Å². The zero-order valence-electron chi connectivity index (χ0n) is 12.1. The first-order valence-corrected chi connectivity index (χ1v) is 7.56. The summed E-state index contributed by atoms with van der Waals surface area (Å²) in [7, 11) is 0. The quantitative estimate of drug-likeness (QED) is 0.555. The molecule has 1 heterocycles. The molecule has 0 radical (unpaired) electrons. The van der Waals surface area contributed by atoms with Gasteiger partial charge in [-0.25, -0.2) is 0 Å². The molecule has 0 nitrogen and oxygen atoms in total. The van der Waals surface area contributed by atoms with Crippen molar-refractivity contribution in [2.75, 3.05) is 0 Å². The van der Waals surface area contributed by atoms with Gasteiger partial charge in [0.15, 0.2) is 0 Å². The van der Waals surface area contributed by atoms with Gasteiger partial charge in [0.1, 0.15) is 0 Å². The molecule has 18 heavy (non-hydrogen) atoms. The molecule has 1 atom stereocenters. The second-order valence-electron chi connectivity index (χ2n) is 4.21. The minimum Gasteiger partial charge on any atom is -0.123 e. The normalized spacial score (nSPS) is 19.9. The fourth-order valence-electron chi connectivity index (χ4n) is 1.39. The maximum absolute atomic E-state index is 3.71. The van der Waals surface area contributed by atoms with Crippen LogP contribution in [0.3, 0.4) is 0 Å². The second-order valence-corrected chi connectivity index (χ2v) is 5.73. The first-order valence-electron chi connectivity index (χ1n) is 6.68. The molecule has 0 saturated heterocycles. The number of rotatable bonds is 4. The highest BCUT2D eigenvalue weighted by atomic mass is 32.2. The van der Waals surface area contributed by atoms with Crippen LogP contribution in [0.5, 0.6) is 0 Å². The van der Waals surface area contributed by atoms with Crippen molar-refractivity contribution in [1.82, 2.24) is 0 Å². The minimum absolute atomic E-state index is 0.734. The molecular formula is C17H26S. The lowest BCUT2D eigenvalue weighted by molar-refractivity contribution is 1.00. The SMILES string of the molecule is C=C/C=C(\C=C/C)/C=C/C1=CCC(C)S1.CCC. The van der Waals surface area contributed by atoms with Crippen LogP contribution in [-0.2, 0) is 0 Å². The van der Waals surface area contributed by atoms with Crippen LogP contribution in [0.2, 0.25) is 0 Å². The van der Waals surface area contributed by atoms with Crippen LogP contribution in [-0.4, -0.2) is 5.25 Å². The van der Waals surface area contributed by atoms with E-state index >= 15 is 0 Å². The average molecular weight is 262 g/mol. The summed E-state index contributed by atoms with van der Waals surface area (Å²) >= 11 is 1.94.